The van der Waals surface area contributed by atoms with Gasteiger partial charge < -0.3 is 10.1 Å². The maximum atomic E-state index is 13.4. The lowest BCUT2D eigenvalue weighted by molar-refractivity contribution is 0.387. The fraction of sp³-hybridized carbons (Fsp3) is 0.357. The monoisotopic (exact) mass is 278 g/mol. The van der Waals surface area contributed by atoms with E-state index in [4.69, 9.17) is 4.74 Å². The number of halogens is 1. The van der Waals surface area contributed by atoms with Crippen LogP contribution >= 0.6 is 11.3 Å². The van der Waals surface area contributed by atoms with Crippen molar-refractivity contribution in [2.45, 2.75) is 25.4 Å². The molecule has 3 rings (SSSR count). The van der Waals surface area contributed by atoms with Gasteiger partial charge in [-0.2, -0.15) is 0 Å². The van der Waals surface area contributed by atoms with Crippen LogP contribution < -0.4 is 10.1 Å². The molecule has 100 valence electrons. The van der Waals surface area contributed by atoms with Crippen LogP contribution in [0.3, 0.4) is 0 Å². The van der Waals surface area contributed by atoms with Gasteiger partial charge >= 0.3 is 0 Å². The molecule has 1 N–H and O–H groups in total. The van der Waals surface area contributed by atoms with Crippen molar-refractivity contribution in [2.24, 2.45) is 0 Å². The van der Waals surface area contributed by atoms with E-state index >= 15 is 0 Å². The zero-order valence-electron chi connectivity index (χ0n) is 10.6. The first-order chi connectivity index (χ1) is 9.26. The molecule has 0 spiro atoms. The van der Waals surface area contributed by atoms with Gasteiger partial charge in [0.1, 0.15) is 5.01 Å². The minimum absolute atomic E-state index is 0.255. The van der Waals surface area contributed by atoms with E-state index in [-0.39, 0.29) is 11.6 Å². The second-order valence-electron chi connectivity index (χ2n) is 4.65. The molecule has 1 fully saturated rings. The summed E-state index contributed by atoms with van der Waals surface area (Å²) in [7, 11) is 1.47. The van der Waals surface area contributed by atoms with Gasteiger partial charge in [-0.1, -0.05) is 0 Å². The third-order valence-corrected chi connectivity index (χ3v) is 4.04. The first-order valence-corrected chi connectivity index (χ1v) is 7.16. The van der Waals surface area contributed by atoms with E-state index in [2.05, 4.69) is 10.3 Å². The zero-order valence-corrected chi connectivity index (χ0v) is 11.5. The summed E-state index contributed by atoms with van der Waals surface area (Å²) < 4.78 is 18.3. The highest BCUT2D eigenvalue weighted by Gasteiger charge is 2.20. The van der Waals surface area contributed by atoms with Crippen molar-refractivity contribution in [3.05, 3.63) is 35.1 Å². The molecule has 1 aromatic heterocycles. The normalized spacial score (nSPS) is 14.6. The van der Waals surface area contributed by atoms with Crippen LogP contribution in [0.4, 0.5) is 4.39 Å². The number of nitrogens with zero attached hydrogens (tertiary/aromatic N) is 1. The van der Waals surface area contributed by atoms with Gasteiger partial charge in [0.05, 0.1) is 12.8 Å². The molecule has 1 aliphatic carbocycles. The molecule has 1 aromatic carbocycles. The molecule has 1 heterocycles. The van der Waals surface area contributed by atoms with Gasteiger partial charge in [-0.3, -0.25) is 0 Å². The van der Waals surface area contributed by atoms with Crippen LogP contribution in [0.5, 0.6) is 5.75 Å². The highest BCUT2D eigenvalue weighted by Crippen LogP contribution is 2.29. The van der Waals surface area contributed by atoms with E-state index < -0.39 is 0 Å². The Kier molecular flexibility index (Phi) is 3.48. The maximum absolute atomic E-state index is 13.4. The molecular formula is C14H15FN2OS. The van der Waals surface area contributed by atoms with Gasteiger partial charge in [0, 0.05) is 23.5 Å². The maximum Gasteiger partial charge on any atom is 0.165 e. The van der Waals surface area contributed by atoms with E-state index in [9.17, 15) is 4.39 Å². The Labute approximate surface area is 115 Å². The Morgan fingerprint density at radius 2 is 2.32 bits per heavy atom. The third-order valence-electron chi connectivity index (χ3n) is 3.10. The summed E-state index contributed by atoms with van der Waals surface area (Å²) in [5, 5.41) is 6.37. The van der Waals surface area contributed by atoms with Crippen LogP contribution in [0.25, 0.3) is 10.6 Å². The summed E-state index contributed by atoms with van der Waals surface area (Å²) in [6.07, 6.45) is 2.54. The Hall–Kier alpha value is -1.46. The molecule has 0 aliphatic heterocycles. The average molecular weight is 278 g/mol. The number of thiazole rings is 1. The number of benzene rings is 1. The first kappa shape index (κ1) is 12.6. The lowest BCUT2D eigenvalue weighted by Gasteiger charge is -2.03. The molecule has 5 heteroatoms. The minimum Gasteiger partial charge on any atom is -0.494 e. The van der Waals surface area contributed by atoms with Gasteiger partial charge in [0.2, 0.25) is 0 Å². The molecule has 0 unspecified atom stereocenters. The molecular weight excluding hydrogens is 263 g/mol. The van der Waals surface area contributed by atoms with Crippen molar-refractivity contribution in [2.75, 3.05) is 7.11 Å². The Morgan fingerprint density at radius 3 is 3.05 bits per heavy atom. The Morgan fingerprint density at radius 1 is 1.47 bits per heavy atom. The fourth-order valence-electron chi connectivity index (χ4n) is 1.85. The summed E-state index contributed by atoms with van der Waals surface area (Å²) in [6, 6.07) is 5.51. The lowest BCUT2D eigenvalue weighted by atomic mass is 10.2. The number of hydrogen-bond donors (Lipinski definition) is 1. The van der Waals surface area contributed by atoms with E-state index in [0.717, 1.165) is 22.8 Å². The van der Waals surface area contributed by atoms with Gasteiger partial charge in [-0.25, -0.2) is 9.37 Å². The molecule has 0 atom stereocenters. The highest BCUT2D eigenvalue weighted by molar-refractivity contribution is 7.13. The number of nitrogens with one attached hydrogen (secondary N) is 1. The van der Waals surface area contributed by atoms with Crippen molar-refractivity contribution in [1.29, 1.82) is 0 Å². The topological polar surface area (TPSA) is 34.1 Å². The summed E-state index contributed by atoms with van der Waals surface area (Å²) in [5.74, 6) is -0.0937. The quantitative estimate of drug-likeness (QED) is 0.912. The van der Waals surface area contributed by atoms with Crippen LogP contribution in [0.1, 0.15) is 18.5 Å². The van der Waals surface area contributed by atoms with Gasteiger partial charge in [0.15, 0.2) is 11.6 Å². The Bertz CT molecular complexity index is 581. The van der Waals surface area contributed by atoms with Gasteiger partial charge in [-0.05, 0) is 31.0 Å². The van der Waals surface area contributed by atoms with Crippen molar-refractivity contribution in [1.82, 2.24) is 10.3 Å². The van der Waals surface area contributed by atoms with Crippen LogP contribution in [-0.4, -0.2) is 18.1 Å². The smallest absolute Gasteiger partial charge is 0.165 e. The highest BCUT2D eigenvalue weighted by atomic mass is 32.1. The predicted molar refractivity (Wildman–Crippen MR) is 73.9 cm³/mol. The number of ether oxygens (including phenoxy) is 1. The van der Waals surface area contributed by atoms with E-state index in [1.165, 1.54) is 26.0 Å². The lowest BCUT2D eigenvalue weighted by Crippen LogP contribution is -2.15. The molecule has 0 amide bonds. The number of rotatable bonds is 5. The number of methoxy groups -OCH3 is 1. The molecule has 0 bridgehead atoms. The summed E-state index contributed by atoms with van der Waals surface area (Å²) in [6.45, 7) is 0.805. The van der Waals surface area contributed by atoms with Crippen LogP contribution in [0.15, 0.2) is 23.6 Å². The standard InChI is InChI=1S/C14H15FN2OS/c1-18-13-6-9(2-5-12(13)15)14-17-11(8-19-14)7-16-10-3-4-10/h2,5-6,8,10,16H,3-4,7H2,1H3. The molecule has 2 aromatic rings. The average Bonchev–Trinajstić information content (AvgIpc) is 3.14. The number of aromatic nitrogens is 1. The van der Waals surface area contributed by atoms with Gasteiger partial charge in [-0.15, -0.1) is 11.3 Å². The zero-order chi connectivity index (χ0) is 13.2. The molecule has 19 heavy (non-hydrogen) atoms. The van der Waals surface area contributed by atoms with Crippen LogP contribution in [0.2, 0.25) is 0 Å². The van der Waals surface area contributed by atoms with Crippen LogP contribution in [-0.2, 0) is 6.54 Å². The van der Waals surface area contributed by atoms with E-state index in [0.29, 0.717) is 6.04 Å². The first-order valence-electron chi connectivity index (χ1n) is 6.28. The van der Waals surface area contributed by atoms with Crippen LogP contribution in [0, 0.1) is 5.82 Å². The van der Waals surface area contributed by atoms with Gasteiger partial charge in [0.25, 0.3) is 0 Å². The SMILES string of the molecule is COc1cc(-c2nc(CNC3CC3)cs2)ccc1F. The molecule has 1 aliphatic rings. The summed E-state index contributed by atoms with van der Waals surface area (Å²) in [4.78, 5) is 4.56. The van der Waals surface area contributed by atoms with Crippen molar-refractivity contribution in [3.63, 3.8) is 0 Å². The second kappa shape index (κ2) is 5.27. The van der Waals surface area contributed by atoms with Crippen molar-refractivity contribution >= 4 is 11.3 Å². The third kappa shape index (κ3) is 2.93. The second-order valence-corrected chi connectivity index (χ2v) is 5.51. The number of hydrogen-bond acceptors (Lipinski definition) is 4. The largest absolute Gasteiger partial charge is 0.494 e. The Balaban J connectivity index is 1.77. The molecule has 3 nitrogen and oxygen atoms in total. The predicted octanol–water partition coefficient (Wildman–Crippen LogP) is 3.21. The minimum atomic E-state index is -0.349. The molecule has 0 radical (unpaired) electrons. The molecule has 1 saturated carbocycles. The van der Waals surface area contributed by atoms with Crippen molar-refractivity contribution < 1.29 is 9.13 Å². The van der Waals surface area contributed by atoms with E-state index in [1.807, 2.05) is 5.38 Å². The fourth-order valence-corrected chi connectivity index (χ4v) is 2.67. The van der Waals surface area contributed by atoms with Crippen molar-refractivity contribution in [3.8, 4) is 16.3 Å². The summed E-state index contributed by atoms with van der Waals surface area (Å²) in [5.41, 5.74) is 1.93. The molecule has 0 saturated heterocycles. The van der Waals surface area contributed by atoms with E-state index in [1.54, 1.807) is 23.5 Å². The summed E-state index contributed by atoms with van der Waals surface area (Å²) >= 11 is 1.57.